The maximum absolute atomic E-state index is 12.4. The van der Waals surface area contributed by atoms with Crippen LogP contribution in [0.25, 0.3) is 10.9 Å². The third kappa shape index (κ3) is 3.20. The summed E-state index contributed by atoms with van der Waals surface area (Å²) in [4.78, 5) is 15.1. The molecule has 2 aliphatic heterocycles. The lowest BCUT2D eigenvalue weighted by Gasteiger charge is -2.44. The average Bonchev–Trinajstić information content (AvgIpc) is 3.03. The van der Waals surface area contributed by atoms with E-state index in [9.17, 15) is 4.79 Å². The highest BCUT2D eigenvalue weighted by Crippen LogP contribution is 2.30. The van der Waals surface area contributed by atoms with Crippen LogP contribution in [0.5, 0.6) is 0 Å². The third-order valence-electron chi connectivity index (χ3n) is 5.78. The molecule has 4 nitrogen and oxygen atoms in total. The number of fused-ring (bicyclic) bond motifs is 2. The van der Waals surface area contributed by atoms with Crippen molar-refractivity contribution in [3.8, 4) is 0 Å². The summed E-state index contributed by atoms with van der Waals surface area (Å²) in [6.07, 6.45) is 8.54. The van der Waals surface area contributed by atoms with Crippen molar-refractivity contribution in [1.29, 1.82) is 0 Å². The van der Waals surface area contributed by atoms with Gasteiger partial charge in [0.15, 0.2) is 0 Å². The zero-order valence-corrected chi connectivity index (χ0v) is 14.3. The first-order valence-electron chi connectivity index (χ1n) is 9.36. The van der Waals surface area contributed by atoms with Crippen molar-refractivity contribution < 1.29 is 4.79 Å². The van der Waals surface area contributed by atoms with Crippen molar-refractivity contribution in [2.24, 2.45) is 5.92 Å². The number of nitrogens with zero attached hydrogens (tertiary/aromatic N) is 2. The number of carbonyl (C=O) groups excluding carboxylic acids is 1. The normalized spacial score (nSPS) is 24.7. The first-order valence-corrected chi connectivity index (χ1v) is 9.36. The van der Waals surface area contributed by atoms with Gasteiger partial charge in [0.2, 0.25) is 5.91 Å². The van der Waals surface area contributed by atoms with E-state index in [0.29, 0.717) is 18.5 Å². The Kier molecular flexibility index (Phi) is 4.56. The average molecular weight is 325 g/mol. The van der Waals surface area contributed by atoms with Crippen molar-refractivity contribution in [1.82, 2.24) is 14.8 Å². The fraction of sp³-hybridized carbons (Fsp3) is 0.550. The minimum absolute atomic E-state index is 0.129. The SMILES string of the molecule is O=C(Cn1ccc2ccccc21)NCC1CCCN2CCCCC12. The summed E-state index contributed by atoms with van der Waals surface area (Å²) in [5.41, 5.74) is 1.13. The Balaban J connectivity index is 1.34. The minimum Gasteiger partial charge on any atom is -0.354 e. The number of piperidine rings is 2. The van der Waals surface area contributed by atoms with Crippen LogP contribution in [0.4, 0.5) is 0 Å². The van der Waals surface area contributed by atoms with Crippen LogP contribution < -0.4 is 5.32 Å². The van der Waals surface area contributed by atoms with E-state index in [0.717, 1.165) is 12.1 Å². The van der Waals surface area contributed by atoms with Gasteiger partial charge in [-0.2, -0.15) is 0 Å². The van der Waals surface area contributed by atoms with Crippen LogP contribution in [0.3, 0.4) is 0 Å². The molecule has 0 spiro atoms. The summed E-state index contributed by atoms with van der Waals surface area (Å²) in [5.74, 6) is 0.758. The number of hydrogen-bond acceptors (Lipinski definition) is 2. The highest BCUT2D eigenvalue weighted by molar-refractivity contribution is 5.83. The van der Waals surface area contributed by atoms with E-state index >= 15 is 0 Å². The summed E-state index contributed by atoms with van der Waals surface area (Å²) < 4.78 is 2.04. The molecule has 0 bridgehead atoms. The van der Waals surface area contributed by atoms with Gasteiger partial charge in [-0.25, -0.2) is 0 Å². The van der Waals surface area contributed by atoms with Crippen LogP contribution >= 0.6 is 0 Å². The molecule has 2 saturated heterocycles. The van der Waals surface area contributed by atoms with E-state index in [1.165, 1.54) is 50.6 Å². The summed E-state index contributed by atoms with van der Waals surface area (Å²) >= 11 is 0. The number of para-hydroxylation sites is 1. The maximum atomic E-state index is 12.4. The quantitative estimate of drug-likeness (QED) is 0.938. The minimum atomic E-state index is 0.129. The number of aromatic nitrogens is 1. The molecule has 2 aromatic rings. The second kappa shape index (κ2) is 6.98. The summed E-state index contributed by atoms with van der Waals surface area (Å²) in [7, 11) is 0. The van der Waals surface area contributed by atoms with Crippen LogP contribution in [-0.2, 0) is 11.3 Å². The Bertz CT molecular complexity index is 706. The van der Waals surface area contributed by atoms with Crippen molar-refractivity contribution in [2.75, 3.05) is 19.6 Å². The predicted octanol–water partition coefficient (Wildman–Crippen LogP) is 3.02. The standard InChI is InChI=1S/C20H27N3O/c24-20(15-23-13-10-16-6-1-2-8-18(16)23)21-14-17-7-5-12-22-11-4-3-9-19(17)22/h1-2,6,8,10,13,17,19H,3-5,7,9,11-12,14-15H2,(H,21,24). The molecule has 1 aromatic heterocycles. The number of hydrogen-bond donors (Lipinski definition) is 1. The number of amides is 1. The second-order valence-electron chi connectivity index (χ2n) is 7.31. The molecule has 2 aliphatic rings. The molecule has 0 radical (unpaired) electrons. The van der Waals surface area contributed by atoms with Gasteiger partial charge in [-0.15, -0.1) is 0 Å². The van der Waals surface area contributed by atoms with Gasteiger partial charge in [0.25, 0.3) is 0 Å². The number of rotatable bonds is 4. The molecule has 1 N–H and O–H groups in total. The van der Waals surface area contributed by atoms with Gasteiger partial charge < -0.3 is 14.8 Å². The molecule has 2 fully saturated rings. The number of benzene rings is 1. The highest BCUT2D eigenvalue weighted by atomic mass is 16.1. The lowest BCUT2D eigenvalue weighted by molar-refractivity contribution is -0.122. The fourth-order valence-corrected chi connectivity index (χ4v) is 4.55. The molecule has 24 heavy (non-hydrogen) atoms. The molecule has 2 unspecified atom stereocenters. The van der Waals surface area contributed by atoms with Gasteiger partial charge >= 0.3 is 0 Å². The molecule has 128 valence electrons. The van der Waals surface area contributed by atoms with Crippen LogP contribution in [0, 0.1) is 5.92 Å². The van der Waals surface area contributed by atoms with E-state index < -0.39 is 0 Å². The van der Waals surface area contributed by atoms with Crippen molar-refractivity contribution in [3.63, 3.8) is 0 Å². The molecule has 2 atom stereocenters. The molecule has 4 heteroatoms. The predicted molar refractivity (Wildman–Crippen MR) is 96.9 cm³/mol. The maximum Gasteiger partial charge on any atom is 0.239 e. The first-order chi connectivity index (χ1) is 11.8. The number of nitrogens with one attached hydrogen (secondary N) is 1. The van der Waals surface area contributed by atoms with E-state index in [-0.39, 0.29) is 5.91 Å². The number of carbonyl (C=O) groups is 1. The molecule has 0 aliphatic carbocycles. The fourth-order valence-electron chi connectivity index (χ4n) is 4.55. The van der Waals surface area contributed by atoms with Crippen molar-refractivity contribution in [3.05, 3.63) is 36.5 Å². The zero-order valence-electron chi connectivity index (χ0n) is 14.3. The van der Waals surface area contributed by atoms with Gasteiger partial charge in [-0.05, 0) is 62.2 Å². The van der Waals surface area contributed by atoms with E-state index in [1.807, 2.05) is 22.9 Å². The lowest BCUT2D eigenvalue weighted by Crippen LogP contribution is -2.51. The van der Waals surface area contributed by atoms with Crippen LogP contribution in [0.2, 0.25) is 0 Å². The van der Waals surface area contributed by atoms with Gasteiger partial charge in [0.05, 0.1) is 0 Å². The smallest absolute Gasteiger partial charge is 0.239 e. The van der Waals surface area contributed by atoms with Crippen LogP contribution in [0.15, 0.2) is 36.5 Å². The lowest BCUT2D eigenvalue weighted by atomic mass is 9.83. The van der Waals surface area contributed by atoms with Gasteiger partial charge in [0, 0.05) is 24.3 Å². The highest BCUT2D eigenvalue weighted by Gasteiger charge is 2.32. The van der Waals surface area contributed by atoms with Crippen LogP contribution in [0.1, 0.15) is 32.1 Å². The molecule has 4 rings (SSSR count). The zero-order chi connectivity index (χ0) is 16.4. The summed E-state index contributed by atoms with van der Waals surface area (Å²) in [6.45, 7) is 3.75. The second-order valence-corrected chi connectivity index (χ2v) is 7.31. The molecule has 1 amide bonds. The third-order valence-corrected chi connectivity index (χ3v) is 5.78. The Labute approximate surface area is 143 Å². The molecule has 0 saturated carbocycles. The Morgan fingerprint density at radius 1 is 1.08 bits per heavy atom. The Morgan fingerprint density at radius 3 is 2.92 bits per heavy atom. The van der Waals surface area contributed by atoms with Crippen molar-refractivity contribution in [2.45, 2.75) is 44.7 Å². The van der Waals surface area contributed by atoms with E-state index in [2.05, 4.69) is 28.4 Å². The Hall–Kier alpha value is -1.81. The monoisotopic (exact) mass is 325 g/mol. The van der Waals surface area contributed by atoms with Gasteiger partial charge in [0.1, 0.15) is 6.54 Å². The molecule has 3 heterocycles. The van der Waals surface area contributed by atoms with E-state index in [4.69, 9.17) is 0 Å². The van der Waals surface area contributed by atoms with Gasteiger partial charge in [-0.3, -0.25) is 4.79 Å². The largest absolute Gasteiger partial charge is 0.354 e. The summed E-state index contributed by atoms with van der Waals surface area (Å²) in [6, 6.07) is 11.0. The van der Waals surface area contributed by atoms with Crippen molar-refractivity contribution >= 4 is 16.8 Å². The molecule has 1 aromatic carbocycles. The molecular formula is C20H27N3O. The first kappa shape index (κ1) is 15.7. The van der Waals surface area contributed by atoms with Crippen LogP contribution in [-0.4, -0.2) is 41.1 Å². The molecular weight excluding hydrogens is 298 g/mol. The Morgan fingerprint density at radius 2 is 1.96 bits per heavy atom. The topological polar surface area (TPSA) is 37.3 Å². The summed E-state index contributed by atoms with van der Waals surface area (Å²) in [5, 5.41) is 4.39. The van der Waals surface area contributed by atoms with Gasteiger partial charge in [-0.1, -0.05) is 24.6 Å². The van der Waals surface area contributed by atoms with E-state index in [1.54, 1.807) is 0 Å².